The molecule has 2 rings (SSSR count). The third kappa shape index (κ3) is 4.13. The number of nitrogens with zero attached hydrogens (tertiary/aromatic N) is 1. The lowest BCUT2D eigenvalue weighted by molar-refractivity contribution is 0.0948. The molecule has 1 heterocycles. The third-order valence-corrected chi connectivity index (χ3v) is 3.70. The molecule has 1 aliphatic rings. The van der Waals surface area contributed by atoms with Gasteiger partial charge in [0, 0.05) is 18.7 Å². The molecule has 0 saturated carbocycles. The van der Waals surface area contributed by atoms with Crippen LogP contribution in [0.15, 0.2) is 18.2 Å². The first-order chi connectivity index (χ1) is 9.66. The van der Waals surface area contributed by atoms with Crippen LogP contribution in [0.1, 0.15) is 36.0 Å². The van der Waals surface area contributed by atoms with E-state index in [9.17, 15) is 9.90 Å². The molecular formula is C15H23N3O2. The molecule has 4 N–H and O–H groups in total. The summed E-state index contributed by atoms with van der Waals surface area (Å²) in [5.74, 6) is -0.222. The van der Waals surface area contributed by atoms with E-state index in [-0.39, 0.29) is 17.3 Å². The topological polar surface area (TPSA) is 78.6 Å². The molecule has 5 heteroatoms. The van der Waals surface area contributed by atoms with Gasteiger partial charge >= 0.3 is 0 Å². The number of benzene rings is 1. The molecule has 0 spiro atoms. The highest BCUT2D eigenvalue weighted by atomic mass is 16.3. The van der Waals surface area contributed by atoms with E-state index in [1.807, 2.05) is 0 Å². The van der Waals surface area contributed by atoms with E-state index in [1.165, 1.54) is 31.7 Å². The first kappa shape index (κ1) is 14.7. The van der Waals surface area contributed by atoms with Crippen molar-refractivity contribution in [2.45, 2.75) is 25.7 Å². The second-order valence-electron chi connectivity index (χ2n) is 5.29. The molecule has 110 valence electrons. The van der Waals surface area contributed by atoms with Gasteiger partial charge in [-0.2, -0.15) is 0 Å². The summed E-state index contributed by atoms with van der Waals surface area (Å²) in [6.45, 7) is 3.76. The zero-order valence-electron chi connectivity index (χ0n) is 11.8. The lowest BCUT2D eigenvalue weighted by Gasteiger charge is -2.19. The Hall–Kier alpha value is -1.75. The fraction of sp³-hybridized carbons (Fsp3) is 0.533. The molecule has 1 amide bonds. The number of anilines is 1. The average Bonchev–Trinajstić information content (AvgIpc) is 2.70. The largest absolute Gasteiger partial charge is 0.506 e. The van der Waals surface area contributed by atoms with Crippen molar-refractivity contribution in [3.05, 3.63) is 23.8 Å². The van der Waals surface area contributed by atoms with Gasteiger partial charge < -0.3 is 21.1 Å². The van der Waals surface area contributed by atoms with Gasteiger partial charge in [-0.3, -0.25) is 4.79 Å². The highest BCUT2D eigenvalue weighted by Gasteiger charge is 2.10. The van der Waals surface area contributed by atoms with Crippen LogP contribution >= 0.6 is 0 Å². The molecule has 20 heavy (non-hydrogen) atoms. The number of amides is 1. The van der Waals surface area contributed by atoms with E-state index < -0.39 is 0 Å². The van der Waals surface area contributed by atoms with E-state index >= 15 is 0 Å². The summed E-state index contributed by atoms with van der Waals surface area (Å²) in [6.07, 6.45) is 5.13. The first-order valence-corrected chi connectivity index (χ1v) is 7.26. The van der Waals surface area contributed by atoms with Crippen LogP contribution in [-0.4, -0.2) is 42.1 Å². The normalized spacial score (nSPS) is 16.6. The summed E-state index contributed by atoms with van der Waals surface area (Å²) in [6, 6.07) is 4.56. The van der Waals surface area contributed by atoms with Crippen molar-refractivity contribution in [2.24, 2.45) is 0 Å². The zero-order chi connectivity index (χ0) is 14.4. The molecule has 1 aromatic carbocycles. The van der Waals surface area contributed by atoms with Crippen molar-refractivity contribution >= 4 is 11.6 Å². The minimum absolute atomic E-state index is 0.0508. The first-order valence-electron chi connectivity index (χ1n) is 7.26. The minimum Gasteiger partial charge on any atom is -0.506 e. The minimum atomic E-state index is -0.171. The Balaban J connectivity index is 1.78. The van der Waals surface area contributed by atoms with Crippen molar-refractivity contribution in [3.63, 3.8) is 0 Å². The maximum atomic E-state index is 11.9. The number of carbonyl (C=O) groups is 1. The number of hydrogen-bond acceptors (Lipinski definition) is 4. The van der Waals surface area contributed by atoms with Crippen LogP contribution in [0.25, 0.3) is 0 Å². The fourth-order valence-electron chi connectivity index (χ4n) is 2.47. The smallest absolute Gasteiger partial charge is 0.251 e. The Morgan fingerprint density at radius 2 is 1.95 bits per heavy atom. The van der Waals surface area contributed by atoms with Gasteiger partial charge in [0.05, 0.1) is 5.69 Å². The molecule has 1 aliphatic heterocycles. The predicted molar refractivity (Wildman–Crippen MR) is 79.8 cm³/mol. The summed E-state index contributed by atoms with van der Waals surface area (Å²) in [7, 11) is 0. The number of hydrogen-bond donors (Lipinski definition) is 3. The number of nitrogens with one attached hydrogen (secondary N) is 1. The summed E-state index contributed by atoms with van der Waals surface area (Å²) in [5.41, 5.74) is 6.23. The van der Waals surface area contributed by atoms with Crippen molar-refractivity contribution in [1.82, 2.24) is 10.2 Å². The molecule has 1 fully saturated rings. The number of carbonyl (C=O) groups excluding carboxylic acids is 1. The standard InChI is InChI=1S/C15H23N3O2/c16-13-6-5-12(11-14(13)19)15(20)17-7-10-18-8-3-1-2-4-9-18/h5-6,11,19H,1-4,7-10,16H2,(H,17,20). The number of rotatable bonds is 4. The average molecular weight is 277 g/mol. The van der Waals surface area contributed by atoms with Gasteiger partial charge in [-0.25, -0.2) is 0 Å². The van der Waals surface area contributed by atoms with E-state index in [0.717, 1.165) is 19.6 Å². The van der Waals surface area contributed by atoms with Crippen molar-refractivity contribution < 1.29 is 9.90 Å². The maximum Gasteiger partial charge on any atom is 0.251 e. The lowest BCUT2D eigenvalue weighted by atomic mass is 10.2. The number of aromatic hydroxyl groups is 1. The number of phenolic OH excluding ortho intramolecular Hbond substituents is 1. The molecule has 0 aliphatic carbocycles. The molecule has 1 aromatic rings. The Morgan fingerprint density at radius 1 is 1.25 bits per heavy atom. The Labute approximate surface area is 119 Å². The fourth-order valence-corrected chi connectivity index (χ4v) is 2.47. The molecule has 0 atom stereocenters. The zero-order valence-corrected chi connectivity index (χ0v) is 11.8. The van der Waals surface area contributed by atoms with Gasteiger partial charge in [0.1, 0.15) is 5.75 Å². The molecular weight excluding hydrogens is 254 g/mol. The SMILES string of the molecule is Nc1ccc(C(=O)NCCN2CCCCCC2)cc1O. The molecule has 0 bridgehead atoms. The van der Waals surface area contributed by atoms with Crippen molar-refractivity contribution in [2.75, 3.05) is 31.9 Å². The van der Waals surface area contributed by atoms with Crippen LogP contribution in [0.5, 0.6) is 5.75 Å². The van der Waals surface area contributed by atoms with Gasteiger partial charge in [-0.15, -0.1) is 0 Å². The molecule has 0 radical (unpaired) electrons. The van der Waals surface area contributed by atoms with Crippen LogP contribution < -0.4 is 11.1 Å². The van der Waals surface area contributed by atoms with Crippen LogP contribution in [0.2, 0.25) is 0 Å². The van der Waals surface area contributed by atoms with Gasteiger partial charge in [-0.05, 0) is 44.1 Å². The quantitative estimate of drug-likeness (QED) is 0.577. The summed E-state index contributed by atoms with van der Waals surface area (Å²) >= 11 is 0. The summed E-state index contributed by atoms with van der Waals surface area (Å²) in [5, 5.41) is 12.4. The number of nitrogens with two attached hydrogens (primary N) is 1. The van der Waals surface area contributed by atoms with E-state index in [1.54, 1.807) is 12.1 Å². The van der Waals surface area contributed by atoms with E-state index in [0.29, 0.717) is 12.1 Å². The van der Waals surface area contributed by atoms with E-state index in [2.05, 4.69) is 10.2 Å². The van der Waals surface area contributed by atoms with Gasteiger partial charge in [0.2, 0.25) is 0 Å². The molecule has 0 aromatic heterocycles. The third-order valence-electron chi connectivity index (χ3n) is 3.70. The maximum absolute atomic E-state index is 11.9. The predicted octanol–water partition coefficient (Wildman–Crippen LogP) is 1.58. The lowest BCUT2D eigenvalue weighted by Crippen LogP contribution is -2.35. The van der Waals surface area contributed by atoms with E-state index in [4.69, 9.17) is 5.73 Å². The number of likely N-dealkylation sites (tertiary alicyclic amines) is 1. The number of nitrogen functional groups attached to an aromatic ring is 1. The summed E-state index contributed by atoms with van der Waals surface area (Å²) in [4.78, 5) is 14.3. The van der Waals surface area contributed by atoms with Gasteiger partial charge in [0.15, 0.2) is 0 Å². The Bertz CT molecular complexity index is 454. The molecule has 0 unspecified atom stereocenters. The highest BCUT2D eigenvalue weighted by Crippen LogP contribution is 2.20. The Morgan fingerprint density at radius 3 is 2.60 bits per heavy atom. The van der Waals surface area contributed by atoms with Crippen LogP contribution in [0, 0.1) is 0 Å². The molecule has 1 saturated heterocycles. The monoisotopic (exact) mass is 277 g/mol. The van der Waals surface area contributed by atoms with Crippen molar-refractivity contribution in [1.29, 1.82) is 0 Å². The van der Waals surface area contributed by atoms with Crippen LogP contribution in [0.4, 0.5) is 5.69 Å². The van der Waals surface area contributed by atoms with Crippen LogP contribution in [-0.2, 0) is 0 Å². The Kier molecular flexibility index (Phi) is 5.24. The second-order valence-corrected chi connectivity index (χ2v) is 5.29. The van der Waals surface area contributed by atoms with Gasteiger partial charge in [0.25, 0.3) is 5.91 Å². The van der Waals surface area contributed by atoms with Crippen molar-refractivity contribution in [3.8, 4) is 5.75 Å². The highest BCUT2D eigenvalue weighted by molar-refractivity contribution is 5.95. The van der Waals surface area contributed by atoms with Crippen LogP contribution in [0.3, 0.4) is 0 Å². The second kappa shape index (κ2) is 7.14. The molecule has 5 nitrogen and oxygen atoms in total. The number of phenols is 1. The van der Waals surface area contributed by atoms with Gasteiger partial charge in [-0.1, -0.05) is 12.8 Å². The summed E-state index contributed by atoms with van der Waals surface area (Å²) < 4.78 is 0.